The van der Waals surface area contributed by atoms with Crippen LogP contribution in [-0.4, -0.2) is 39.5 Å². The van der Waals surface area contributed by atoms with Gasteiger partial charge in [-0.25, -0.2) is 9.48 Å². The number of piperidine rings is 1. The van der Waals surface area contributed by atoms with Crippen LogP contribution < -0.4 is 15.7 Å². The fraction of sp³-hybridized carbons (Fsp3) is 0.381. The van der Waals surface area contributed by atoms with E-state index in [9.17, 15) is 4.79 Å². The average molecular weight is 379 g/mol. The van der Waals surface area contributed by atoms with E-state index in [0.29, 0.717) is 13.1 Å². The van der Waals surface area contributed by atoms with Crippen LogP contribution in [0, 0.1) is 0 Å². The highest BCUT2D eigenvalue weighted by atomic mass is 16.5. The van der Waals surface area contributed by atoms with E-state index < -0.39 is 0 Å². The molecule has 0 atom stereocenters. The molecule has 0 amide bonds. The summed E-state index contributed by atoms with van der Waals surface area (Å²) in [6.07, 6.45) is 3.67. The van der Waals surface area contributed by atoms with Crippen LogP contribution in [0.2, 0.25) is 0 Å². The smallest absolute Gasteiger partial charge is 0.346 e. The van der Waals surface area contributed by atoms with Gasteiger partial charge in [0.2, 0.25) is 0 Å². The molecule has 0 saturated carbocycles. The zero-order chi connectivity index (χ0) is 19.3. The second-order valence-electron chi connectivity index (χ2n) is 7.08. The largest absolute Gasteiger partial charge is 0.497 e. The summed E-state index contributed by atoms with van der Waals surface area (Å²) in [5.74, 6) is 1.88. The number of pyridine rings is 1. The summed E-state index contributed by atoms with van der Waals surface area (Å²) in [7, 11) is 1.62. The molecule has 28 heavy (non-hydrogen) atoms. The fourth-order valence-electron chi connectivity index (χ4n) is 3.68. The van der Waals surface area contributed by atoms with Crippen molar-refractivity contribution in [2.24, 2.45) is 0 Å². The topological polar surface area (TPSA) is 74.0 Å². The first kappa shape index (κ1) is 18.4. The Labute approximate surface area is 164 Å². The zero-order valence-electron chi connectivity index (χ0n) is 16.0. The van der Waals surface area contributed by atoms with Crippen molar-refractivity contribution in [1.29, 1.82) is 0 Å². The number of ether oxygens (including phenoxy) is 1. The Kier molecular flexibility index (Phi) is 5.53. The molecule has 0 radical (unpaired) electrons. The molecule has 0 spiro atoms. The molecule has 1 fully saturated rings. The minimum absolute atomic E-state index is 0.0954. The number of nitrogens with one attached hydrogen (secondary N) is 1. The summed E-state index contributed by atoms with van der Waals surface area (Å²) in [5.41, 5.74) is 1.75. The average Bonchev–Trinajstić information content (AvgIpc) is 3.05. The second-order valence-corrected chi connectivity index (χ2v) is 7.08. The van der Waals surface area contributed by atoms with Crippen LogP contribution in [0.5, 0.6) is 5.75 Å². The van der Waals surface area contributed by atoms with Crippen LogP contribution in [0.1, 0.15) is 35.8 Å². The number of rotatable bonds is 6. The van der Waals surface area contributed by atoms with Crippen LogP contribution in [0.4, 0.5) is 0 Å². The molecule has 0 bridgehead atoms. The van der Waals surface area contributed by atoms with Crippen molar-refractivity contribution in [3.8, 4) is 5.75 Å². The third kappa shape index (κ3) is 3.99. The highest BCUT2D eigenvalue weighted by molar-refractivity contribution is 5.22. The summed E-state index contributed by atoms with van der Waals surface area (Å²) in [6.45, 7) is 2.77. The minimum Gasteiger partial charge on any atom is -0.497 e. The van der Waals surface area contributed by atoms with Gasteiger partial charge in [0.1, 0.15) is 11.6 Å². The number of benzene rings is 1. The van der Waals surface area contributed by atoms with Gasteiger partial charge in [-0.1, -0.05) is 30.3 Å². The predicted octanol–water partition coefficient (Wildman–Crippen LogP) is 2.01. The molecule has 7 heteroatoms. The number of hydrogen-bond acceptors (Lipinski definition) is 5. The molecule has 1 aromatic carbocycles. The van der Waals surface area contributed by atoms with Crippen molar-refractivity contribution in [2.45, 2.75) is 31.8 Å². The quantitative estimate of drug-likeness (QED) is 0.709. The van der Waals surface area contributed by atoms with E-state index in [1.807, 2.05) is 41.0 Å². The van der Waals surface area contributed by atoms with Gasteiger partial charge in [0, 0.05) is 18.2 Å². The molecular formula is C21H25N5O2. The number of nitrogens with zero attached hydrogens (tertiary/aromatic N) is 4. The SMILES string of the molecule is COc1ccnc(Cn2nc(C3CCNCC3)n(Cc3ccccc3)c2=O)c1. The Morgan fingerprint density at radius 2 is 1.93 bits per heavy atom. The Balaban J connectivity index is 1.69. The van der Waals surface area contributed by atoms with Crippen LogP contribution >= 0.6 is 0 Å². The maximum atomic E-state index is 13.2. The zero-order valence-corrected chi connectivity index (χ0v) is 16.0. The number of aromatic nitrogens is 4. The molecule has 1 aliphatic heterocycles. The molecule has 3 heterocycles. The van der Waals surface area contributed by atoms with Gasteiger partial charge < -0.3 is 10.1 Å². The lowest BCUT2D eigenvalue weighted by Gasteiger charge is -2.22. The first-order valence-electron chi connectivity index (χ1n) is 9.65. The molecule has 3 aromatic rings. The molecule has 4 rings (SSSR count). The highest BCUT2D eigenvalue weighted by Crippen LogP contribution is 2.23. The fourth-order valence-corrected chi connectivity index (χ4v) is 3.68. The van der Waals surface area contributed by atoms with Crippen molar-refractivity contribution >= 4 is 0 Å². The van der Waals surface area contributed by atoms with Gasteiger partial charge in [-0.15, -0.1) is 0 Å². The Morgan fingerprint density at radius 1 is 1.14 bits per heavy atom. The first-order valence-corrected chi connectivity index (χ1v) is 9.65. The summed E-state index contributed by atoms with van der Waals surface area (Å²) in [6, 6.07) is 13.7. The monoisotopic (exact) mass is 379 g/mol. The Morgan fingerprint density at radius 3 is 2.68 bits per heavy atom. The highest BCUT2D eigenvalue weighted by Gasteiger charge is 2.24. The van der Waals surface area contributed by atoms with E-state index in [2.05, 4.69) is 10.3 Å². The maximum absolute atomic E-state index is 13.2. The summed E-state index contributed by atoms with van der Waals surface area (Å²) in [4.78, 5) is 17.5. The van der Waals surface area contributed by atoms with E-state index in [0.717, 1.165) is 48.8 Å². The minimum atomic E-state index is -0.0954. The molecule has 0 unspecified atom stereocenters. The van der Waals surface area contributed by atoms with Gasteiger partial charge in [0.25, 0.3) is 0 Å². The molecule has 7 nitrogen and oxygen atoms in total. The van der Waals surface area contributed by atoms with Crippen LogP contribution in [-0.2, 0) is 13.1 Å². The third-order valence-electron chi connectivity index (χ3n) is 5.17. The molecule has 0 aliphatic carbocycles. The molecule has 2 aromatic heterocycles. The lowest BCUT2D eigenvalue weighted by Crippen LogP contribution is -2.30. The van der Waals surface area contributed by atoms with Gasteiger partial charge in [0.05, 0.1) is 25.9 Å². The van der Waals surface area contributed by atoms with Crippen molar-refractivity contribution in [2.75, 3.05) is 20.2 Å². The lowest BCUT2D eigenvalue weighted by atomic mass is 9.97. The van der Waals surface area contributed by atoms with Crippen molar-refractivity contribution in [1.82, 2.24) is 24.6 Å². The third-order valence-corrected chi connectivity index (χ3v) is 5.17. The van der Waals surface area contributed by atoms with Crippen LogP contribution in [0.3, 0.4) is 0 Å². The predicted molar refractivity (Wildman–Crippen MR) is 107 cm³/mol. The van der Waals surface area contributed by atoms with Gasteiger partial charge in [0.15, 0.2) is 0 Å². The molecular weight excluding hydrogens is 354 g/mol. The van der Waals surface area contributed by atoms with Crippen molar-refractivity contribution in [3.05, 3.63) is 76.2 Å². The second kappa shape index (κ2) is 8.39. The van der Waals surface area contributed by atoms with Crippen molar-refractivity contribution in [3.63, 3.8) is 0 Å². The van der Waals surface area contributed by atoms with Gasteiger partial charge in [-0.2, -0.15) is 5.10 Å². The van der Waals surface area contributed by atoms with Crippen LogP contribution in [0.15, 0.2) is 53.5 Å². The Bertz CT molecular complexity index is 974. The normalized spacial score (nSPS) is 14.9. The van der Waals surface area contributed by atoms with Gasteiger partial charge in [-0.3, -0.25) is 9.55 Å². The standard InChI is InChI=1S/C21H25N5O2/c1-28-19-9-12-23-18(13-19)15-26-21(27)25(14-16-5-3-2-4-6-16)20(24-26)17-7-10-22-11-8-17/h2-6,9,12-13,17,22H,7-8,10-11,14-15H2,1H3. The molecule has 1 saturated heterocycles. The van der Waals surface area contributed by atoms with E-state index in [1.54, 1.807) is 19.4 Å². The van der Waals surface area contributed by atoms with Crippen molar-refractivity contribution < 1.29 is 4.74 Å². The van der Waals surface area contributed by atoms with E-state index in [1.165, 1.54) is 4.68 Å². The number of hydrogen-bond donors (Lipinski definition) is 1. The maximum Gasteiger partial charge on any atom is 0.346 e. The Hall–Kier alpha value is -2.93. The van der Waals surface area contributed by atoms with E-state index in [4.69, 9.17) is 9.84 Å². The van der Waals surface area contributed by atoms with Gasteiger partial charge in [-0.05, 0) is 37.6 Å². The van der Waals surface area contributed by atoms with Crippen LogP contribution in [0.25, 0.3) is 0 Å². The first-order chi connectivity index (χ1) is 13.7. The molecule has 1 aliphatic rings. The molecule has 1 N–H and O–H groups in total. The lowest BCUT2D eigenvalue weighted by molar-refractivity contribution is 0.413. The summed E-state index contributed by atoms with van der Waals surface area (Å²) in [5, 5.41) is 8.12. The summed E-state index contributed by atoms with van der Waals surface area (Å²) < 4.78 is 8.62. The number of methoxy groups -OCH3 is 1. The molecule has 146 valence electrons. The van der Waals surface area contributed by atoms with E-state index in [-0.39, 0.29) is 11.6 Å². The summed E-state index contributed by atoms with van der Waals surface area (Å²) >= 11 is 0. The van der Waals surface area contributed by atoms with E-state index >= 15 is 0 Å². The van der Waals surface area contributed by atoms with Gasteiger partial charge >= 0.3 is 5.69 Å².